The molecular formula is C19H25BO4S. The minimum atomic E-state index is -0.517. The number of hydrogen-bond donors (Lipinski definition) is 0. The molecule has 1 aromatic carbocycles. The average molecular weight is 360 g/mol. The number of benzene rings is 1. The second kappa shape index (κ2) is 7.48. The van der Waals surface area contributed by atoms with Gasteiger partial charge in [0.1, 0.15) is 6.29 Å². The molecule has 0 saturated carbocycles. The van der Waals surface area contributed by atoms with Crippen LogP contribution in [0.1, 0.15) is 56.1 Å². The molecule has 0 atom stereocenters. The molecule has 1 aliphatic heterocycles. The summed E-state index contributed by atoms with van der Waals surface area (Å²) >= 11 is 1.22. The van der Waals surface area contributed by atoms with Crippen molar-refractivity contribution in [3.63, 3.8) is 0 Å². The van der Waals surface area contributed by atoms with E-state index in [0.717, 1.165) is 22.9 Å². The van der Waals surface area contributed by atoms with Gasteiger partial charge in [0.05, 0.1) is 11.2 Å². The molecule has 0 aromatic heterocycles. The lowest BCUT2D eigenvalue weighted by Crippen LogP contribution is -2.41. The summed E-state index contributed by atoms with van der Waals surface area (Å²) in [5, 5.41) is 0.0424. The van der Waals surface area contributed by atoms with Crippen LogP contribution in [-0.2, 0) is 14.1 Å². The van der Waals surface area contributed by atoms with Crippen LogP contribution in [0.15, 0.2) is 23.7 Å². The Labute approximate surface area is 154 Å². The largest absolute Gasteiger partial charge is 0.491 e. The molecule has 0 radical (unpaired) electrons. The summed E-state index contributed by atoms with van der Waals surface area (Å²) < 4.78 is 12.3. The fraction of sp³-hybridized carbons (Fsp3) is 0.474. The summed E-state index contributed by atoms with van der Waals surface area (Å²) in [6.07, 6.45) is 2.80. The van der Waals surface area contributed by atoms with Crippen LogP contribution in [0.25, 0.3) is 6.08 Å². The summed E-state index contributed by atoms with van der Waals surface area (Å²) in [6.45, 7) is 11.5. The zero-order valence-electron chi connectivity index (χ0n) is 15.7. The highest BCUT2D eigenvalue weighted by Crippen LogP contribution is 2.39. The van der Waals surface area contributed by atoms with Crippen molar-refractivity contribution in [2.45, 2.75) is 52.7 Å². The molecule has 0 unspecified atom stereocenters. The maximum atomic E-state index is 11.4. The van der Waals surface area contributed by atoms with Crippen molar-refractivity contribution in [1.29, 1.82) is 0 Å². The summed E-state index contributed by atoms with van der Waals surface area (Å²) in [6, 6.07) is 5.54. The molecule has 1 fully saturated rings. The van der Waals surface area contributed by atoms with Crippen LogP contribution in [0.5, 0.6) is 0 Å². The van der Waals surface area contributed by atoms with Crippen LogP contribution in [0.2, 0.25) is 0 Å². The van der Waals surface area contributed by atoms with E-state index in [9.17, 15) is 9.59 Å². The number of hydrogen-bond acceptors (Lipinski definition) is 5. The monoisotopic (exact) mass is 360 g/mol. The maximum Gasteiger partial charge on any atom is 0.491 e. The average Bonchev–Trinajstić information content (AvgIpc) is 2.73. The summed E-state index contributed by atoms with van der Waals surface area (Å²) in [4.78, 5) is 22.5. The molecule has 0 aliphatic carbocycles. The third-order valence-electron chi connectivity index (χ3n) is 4.78. The van der Waals surface area contributed by atoms with Crippen LogP contribution >= 0.6 is 11.8 Å². The van der Waals surface area contributed by atoms with Gasteiger partial charge in [0.25, 0.3) is 0 Å². The van der Waals surface area contributed by atoms with Crippen LogP contribution < -0.4 is 0 Å². The molecule has 1 aromatic rings. The Balaban J connectivity index is 2.40. The van der Waals surface area contributed by atoms with E-state index >= 15 is 0 Å². The fourth-order valence-electron chi connectivity index (χ4n) is 2.44. The van der Waals surface area contributed by atoms with Crippen molar-refractivity contribution >= 4 is 36.4 Å². The van der Waals surface area contributed by atoms with Crippen LogP contribution in [0, 0.1) is 6.92 Å². The number of rotatable bonds is 5. The van der Waals surface area contributed by atoms with Crippen molar-refractivity contribution < 1.29 is 18.9 Å². The van der Waals surface area contributed by atoms with E-state index in [1.165, 1.54) is 11.8 Å². The second-order valence-corrected chi connectivity index (χ2v) is 8.47. The minimum absolute atomic E-state index is 0.0424. The Bertz CT molecular complexity index is 693. The molecular weight excluding hydrogens is 335 g/mol. The summed E-state index contributed by atoms with van der Waals surface area (Å²) in [7, 11) is -0.517. The van der Waals surface area contributed by atoms with Gasteiger partial charge < -0.3 is 9.31 Å². The quantitative estimate of drug-likeness (QED) is 0.584. The molecule has 6 heteroatoms. The van der Waals surface area contributed by atoms with Gasteiger partial charge in [-0.2, -0.15) is 0 Å². The van der Waals surface area contributed by atoms with Gasteiger partial charge in [-0.3, -0.25) is 9.59 Å². The second-order valence-electron chi connectivity index (χ2n) is 7.32. The number of carbonyl (C=O) groups excluding carboxylic acids is 2. The molecule has 0 spiro atoms. The highest BCUT2D eigenvalue weighted by atomic mass is 32.2. The van der Waals surface area contributed by atoms with Gasteiger partial charge in [0.2, 0.25) is 0 Å². The standard InChI is InChI=1S/C19H25BO4S/c1-13-7-8-15(11-21)9-16(13)10-17(12-25-14(2)22)20-23-18(3,4)19(5,6)24-20/h7-11H,12H2,1-6H3. The SMILES string of the molecule is CC(=O)SCC(=Cc1cc(C=O)ccc1C)B1OC(C)(C)C(C)(C)O1. The zero-order valence-corrected chi connectivity index (χ0v) is 16.5. The first-order chi connectivity index (χ1) is 11.6. The molecule has 1 heterocycles. The predicted molar refractivity (Wildman–Crippen MR) is 104 cm³/mol. The Hall–Kier alpha value is -1.37. The van der Waals surface area contributed by atoms with Gasteiger partial charge in [0.15, 0.2) is 5.12 Å². The number of carbonyl (C=O) groups is 2. The van der Waals surface area contributed by atoms with Crippen molar-refractivity contribution in [2.24, 2.45) is 0 Å². The smallest absolute Gasteiger partial charge is 0.400 e. The Morgan fingerprint density at radius 1 is 1.20 bits per heavy atom. The third-order valence-corrected chi connectivity index (χ3v) is 5.66. The normalized spacial score (nSPS) is 19.1. The summed E-state index contributed by atoms with van der Waals surface area (Å²) in [5.41, 5.74) is 2.58. The van der Waals surface area contributed by atoms with E-state index in [1.54, 1.807) is 13.0 Å². The lowest BCUT2D eigenvalue weighted by molar-refractivity contribution is -0.109. The fourth-order valence-corrected chi connectivity index (χ4v) is 3.03. The maximum absolute atomic E-state index is 11.4. The predicted octanol–water partition coefficient (Wildman–Crippen LogP) is 4.10. The number of thioether (sulfide) groups is 1. The molecule has 134 valence electrons. The molecule has 1 aliphatic rings. The van der Waals surface area contributed by atoms with Crippen LogP contribution in [-0.4, -0.2) is 35.5 Å². The first kappa shape index (κ1) is 20.0. The molecule has 0 N–H and O–H groups in total. The van der Waals surface area contributed by atoms with Gasteiger partial charge in [-0.05, 0) is 57.3 Å². The van der Waals surface area contributed by atoms with Gasteiger partial charge >= 0.3 is 7.12 Å². The topological polar surface area (TPSA) is 52.6 Å². The highest BCUT2D eigenvalue weighted by molar-refractivity contribution is 8.13. The molecule has 4 nitrogen and oxygen atoms in total. The van der Waals surface area contributed by atoms with E-state index in [0.29, 0.717) is 11.3 Å². The molecule has 0 bridgehead atoms. The number of aldehydes is 1. The summed E-state index contributed by atoms with van der Waals surface area (Å²) in [5.74, 6) is 0.483. The third kappa shape index (κ3) is 4.63. The van der Waals surface area contributed by atoms with Gasteiger partial charge in [-0.1, -0.05) is 30.0 Å². The van der Waals surface area contributed by atoms with E-state index in [-0.39, 0.29) is 5.12 Å². The Morgan fingerprint density at radius 2 is 1.80 bits per heavy atom. The molecule has 25 heavy (non-hydrogen) atoms. The zero-order chi connectivity index (χ0) is 18.8. The van der Waals surface area contributed by atoms with E-state index < -0.39 is 18.3 Å². The van der Waals surface area contributed by atoms with Crippen LogP contribution in [0.4, 0.5) is 0 Å². The first-order valence-corrected chi connectivity index (χ1v) is 9.29. The van der Waals surface area contributed by atoms with Gasteiger partial charge in [0, 0.05) is 18.2 Å². The minimum Gasteiger partial charge on any atom is -0.400 e. The van der Waals surface area contributed by atoms with E-state index in [1.807, 2.05) is 52.8 Å². The first-order valence-electron chi connectivity index (χ1n) is 8.31. The van der Waals surface area contributed by atoms with Crippen molar-refractivity contribution in [3.8, 4) is 0 Å². The van der Waals surface area contributed by atoms with Gasteiger partial charge in [-0.15, -0.1) is 0 Å². The highest BCUT2D eigenvalue weighted by Gasteiger charge is 2.52. The van der Waals surface area contributed by atoms with E-state index in [2.05, 4.69) is 0 Å². The lowest BCUT2D eigenvalue weighted by atomic mass is 9.78. The molecule has 0 amide bonds. The molecule has 2 rings (SSSR count). The Kier molecular flexibility index (Phi) is 5.97. The molecule has 1 saturated heterocycles. The van der Waals surface area contributed by atoms with Gasteiger partial charge in [-0.25, -0.2) is 0 Å². The number of aryl methyl sites for hydroxylation is 1. The lowest BCUT2D eigenvalue weighted by Gasteiger charge is -2.32. The van der Waals surface area contributed by atoms with Crippen molar-refractivity contribution in [2.75, 3.05) is 5.75 Å². The van der Waals surface area contributed by atoms with E-state index in [4.69, 9.17) is 9.31 Å². The van der Waals surface area contributed by atoms with Crippen molar-refractivity contribution in [3.05, 3.63) is 40.4 Å². The van der Waals surface area contributed by atoms with Crippen LogP contribution in [0.3, 0.4) is 0 Å². The Morgan fingerprint density at radius 3 is 2.32 bits per heavy atom. The van der Waals surface area contributed by atoms with Crippen molar-refractivity contribution in [1.82, 2.24) is 0 Å².